The predicted molar refractivity (Wildman–Crippen MR) is 66.6 cm³/mol. The van der Waals surface area contributed by atoms with Gasteiger partial charge < -0.3 is 10.4 Å². The smallest absolute Gasteiger partial charge is 0.255 e. The number of alkyl halides is 1. The van der Waals surface area contributed by atoms with Gasteiger partial charge >= 0.3 is 0 Å². The largest absolute Gasteiger partial charge is 0.507 e. The minimum absolute atomic E-state index is 0.0132. The molecule has 0 aliphatic heterocycles. The van der Waals surface area contributed by atoms with Gasteiger partial charge in [0.15, 0.2) is 0 Å². The van der Waals surface area contributed by atoms with Crippen molar-refractivity contribution in [1.82, 2.24) is 5.32 Å². The van der Waals surface area contributed by atoms with E-state index >= 15 is 0 Å². The lowest BCUT2D eigenvalue weighted by Crippen LogP contribution is -2.24. The van der Waals surface area contributed by atoms with Crippen LogP contribution in [0.5, 0.6) is 5.75 Å². The number of phenolic OH excluding ortho intramolecular Hbond substituents is 1. The lowest BCUT2D eigenvalue weighted by Gasteiger charge is -2.06. The molecule has 15 heavy (non-hydrogen) atoms. The molecule has 1 rings (SSSR count). The molecule has 0 atom stereocenters. The Labute approximate surface area is 105 Å². The number of amides is 1. The highest BCUT2D eigenvalue weighted by molar-refractivity contribution is 9.10. The molecule has 82 valence electrons. The molecule has 0 aliphatic carbocycles. The molecule has 2 N–H and O–H groups in total. The minimum atomic E-state index is -0.249. The molecule has 0 aromatic heterocycles. The highest BCUT2D eigenvalue weighted by Crippen LogP contribution is 2.21. The molecule has 5 heteroatoms. The average Bonchev–Trinajstić information content (AvgIpc) is 2.17. The van der Waals surface area contributed by atoms with E-state index in [0.717, 1.165) is 16.2 Å². The summed E-state index contributed by atoms with van der Waals surface area (Å²) in [4.78, 5) is 11.5. The van der Waals surface area contributed by atoms with Crippen molar-refractivity contribution in [3.05, 3.63) is 28.2 Å². The molecule has 0 radical (unpaired) electrons. The minimum Gasteiger partial charge on any atom is -0.507 e. The van der Waals surface area contributed by atoms with E-state index in [2.05, 4.69) is 37.2 Å². The number of rotatable bonds is 4. The van der Waals surface area contributed by atoms with Crippen molar-refractivity contribution in [2.45, 2.75) is 6.42 Å². The summed E-state index contributed by atoms with van der Waals surface area (Å²) in [5.74, 6) is -0.262. The standard InChI is InChI=1S/C10H11Br2NO2/c11-4-1-5-13-10(15)8-3-2-7(12)6-9(8)14/h2-3,6,14H,1,4-5H2,(H,13,15). The van der Waals surface area contributed by atoms with Crippen LogP contribution in [0.25, 0.3) is 0 Å². The topological polar surface area (TPSA) is 49.3 Å². The fourth-order valence-electron chi connectivity index (χ4n) is 1.06. The Bertz CT molecular complexity index is 355. The van der Waals surface area contributed by atoms with Crippen molar-refractivity contribution in [1.29, 1.82) is 0 Å². The fraction of sp³-hybridized carbons (Fsp3) is 0.300. The van der Waals surface area contributed by atoms with E-state index in [1.54, 1.807) is 12.1 Å². The molecule has 0 saturated heterocycles. The van der Waals surface area contributed by atoms with Gasteiger partial charge in [-0.1, -0.05) is 31.9 Å². The molecular weight excluding hydrogens is 326 g/mol. The van der Waals surface area contributed by atoms with E-state index in [1.807, 2.05) is 0 Å². The number of carbonyl (C=O) groups is 1. The average molecular weight is 337 g/mol. The van der Waals surface area contributed by atoms with Gasteiger partial charge in [0.05, 0.1) is 5.56 Å². The van der Waals surface area contributed by atoms with Gasteiger partial charge in [-0.15, -0.1) is 0 Å². The summed E-state index contributed by atoms with van der Waals surface area (Å²) in [5.41, 5.74) is 0.299. The Hall–Kier alpha value is -0.550. The van der Waals surface area contributed by atoms with E-state index < -0.39 is 0 Å². The van der Waals surface area contributed by atoms with Crippen LogP contribution in [-0.2, 0) is 0 Å². The first kappa shape index (κ1) is 12.5. The first-order chi connectivity index (χ1) is 7.15. The zero-order chi connectivity index (χ0) is 11.3. The number of aromatic hydroxyl groups is 1. The summed E-state index contributed by atoms with van der Waals surface area (Å²) in [6.45, 7) is 0.597. The van der Waals surface area contributed by atoms with Gasteiger partial charge in [0.25, 0.3) is 5.91 Å². The lowest BCUT2D eigenvalue weighted by molar-refractivity contribution is 0.0951. The monoisotopic (exact) mass is 335 g/mol. The Morgan fingerprint density at radius 1 is 1.47 bits per heavy atom. The first-order valence-corrected chi connectivity index (χ1v) is 6.39. The lowest BCUT2D eigenvalue weighted by atomic mass is 10.2. The molecule has 0 aliphatic rings. The Morgan fingerprint density at radius 3 is 2.80 bits per heavy atom. The molecule has 1 amide bonds. The van der Waals surface area contributed by atoms with Crippen LogP contribution in [0.1, 0.15) is 16.8 Å². The van der Waals surface area contributed by atoms with Crippen molar-refractivity contribution in [3.63, 3.8) is 0 Å². The van der Waals surface area contributed by atoms with E-state index in [1.165, 1.54) is 6.07 Å². The number of nitrogens with one attached hydrogen (secondary N) is 1. The Kier molecular flexibility index (Phi) is 5.11. The molecule has 0 unspecified atom stereocenters. The SMILES string of the molecule is O=C(NCCCBr)c1ccc(Br)cc1O. The summed E-state index contributed by atoms with van der Waals surface area (Å²) in [6.07, 6.45) is 0.864. The van der Waals surface area contributed by atoms with Gasteiger partial charge in [-0.3, -0.25) is 4.79 Å². The number of carbonyl (C=O) groups excluding carboxylic acids is 1. The Morgan fingerprint density at radius 2 is 2.20 bits per heavy atom. The van der Waals surface area contributed by atoms with Crippen LogP contribution < -0.4 is 5.32 Å². The second-order valence-electron chi connectivity index (χ2n) is 2.96. The van der Waals surface area contributed by atoms with Crippen LogP contribution in [0.4, 0.5) is 0 Å². The zero-order valence-electron chi connectivity index (χ0n) is 7.96. The van der Waals surface area contributed by atoms with Crippen LogP contribution in [0, 0.1) is 0 Å². The molecule has 0 saturated carbocycles. The molecule has 1 aromatic carbocycles. The second kappa shape index (κ2) is 6.12. The van der Waals surface area contributed by atoms with E-state index in [0.29, 0.717) is 12.1 Å². The fourth-order valence-corrected chi connectivity index (χ4v) is 1.69. The maximum absolute atomic E-state index is 11.5. The number of hydrogen-bond acceptors (Lipinski definition) is 2. The van der Waals surface area contributed by atoms with Gasteiger partial charge in [0.2, 0.25) is 0 Å². The van der Waals surface area contributed by atoms with Crippen LogP contribution >= 0.6 is 31.9 Å². The Balaban J connectivity index is 2.65. The summed E-state index contributed by atoms with van der Waals surface area (Å²) in [5, 5.41) is 13.1. The summed E-state index contributed by atoms with van der Waals surface area (Å²) < 4.78 is 0.747. The van der Waals surface area contributed by atoms with Gasteiger partial charge in [-0.2, -0.15) is 0 Å². The molecule has 0 spiro atoms. The van der Waals surface area contributed by atoms with Crippen molar-refractivity contribution in [3.8, 4) is 5.75 Å². The highest BCUT2D eigenvalue weighted by atomic mass is 79.9. The van der Waals surface area contributed by atoms with Crippen LogP contribution in [0.3, 0.4) is 0 Å². The molecule has 0 bridgehead atoms. The van der Waals surface area contributed by atoms with E-state index in [-0.39, 0.29) is 11.7 Å². The summed E-state index contributed by atoms with van der Waals surface area (Å²) in [6, 6.07) is 4.81. The van der Waals surface area contributed by atoms with Crippen molar-refractivity contribution in [2.24, 2.45) is 0 Å². The summed E-state index contributed by atoms with van der Waals surface area (Å²) in [7, 11) is 0. The van der Waals surface area contributed by atoms with Gasteiger partial charge in [-0.05, 0) is 24.6 Å². The molecule has 0 heterocycles. The third-order valence-electron chi connectivity index (χ3n) is 1.80. The number of hydrogen-bond donors (Lipinski definition) is 2. The predicted octanol–water partition coefficient (Wildman–Crippen LogP) is 2.67. The van der Waals surface area contributed by atoms with E-state index in [4.69, 9.17) is 0 Å². The normalized spacial score (nSPS) is 10.0. The first-order valence-electron chi connectivity index (χ1n) is 4.48. The van der Waals surface area contributed by atoms with E-state index in [9.17, 15) is 9.90 Å². The molecule has 3 nitrogen and oxygen atoms in total. The van der Waals surface area contributed by atoms with Crippen molar-refractivity contribution in [2.75, 3.05) is 11.9 Å². The van der Waals surface area contributed by atoms with Gasteiger partial charge in [-0.25, -0.2) is 0 Å². The third kappa shape index (κ3) is 3.83. The van der Waals surface area contributed by atoms with Crippen LogP contribution in [-0.4, -0.2) is 22.9 Å². The maximum atomic E-state index is 11.5. The van der Waals surface area contributed by atoms with Crippen LogP contribution in [0.2, 0.25) is 0 Å². The maximum Gasteiger partial charge on any atom is 0.255 e. The molecule has 0 fully saturated rings. The zero-order valence-corrected chi connectivity index (χ0v) is 11.1. The molecule has 1 aromatic rings. The van der Waals surface area contributed by atoms with Crippen molar-refractivity contribution < 1.29 is 9.90 Å². The highest BCUT2D eigenvalue weighted by Gasteiger charge is 2.09. The van der Waals surface area contributed by atoms with Gasteiger partial charge in [0, 0.05) is 16.3 Å². The molecular formula is C10H11Br2NO2. The van der Waals surface area contributed by atoms with Gasteiger partial charge in [0.1, 0.15) is 5.75 Å². The number of halogens is 2. The van der Waals surface area contributed by atoms with Crippen LogP contribution in [0.15, 0.2) is 22.7 Å². The number of phenols is 1. The number of benzene rings is 1. The second-order valence-corrected chi connectivity index (χ2v) is 4.67. The van der Waals surface area contributed by atoms with Crippen molar-refractivity contribution >= 4 is 37.8 Å². The third-order valence-corrected chi connectivity index (χ3v) is 2.85. The quantitative estimate of drug-likeness (QED) is 0.656. The summed E-state index contributed by atoms with van der Waals surface area (Å²) >= 11 is 6.48.